The Morgan fingerprint density at radius 2 is 1.45 bits per heavy atom. The standard InChI is InChI=1S/C32H33N3O7/c1-20(36)26-27-28(42-31(39-3)41-27)29(40-26)35-19-18-25(33-30(35)37)34-32(21-10-6-4-7-11-21,22-12-8-5-9-13-22)23-14-16-24(38-2)17-15-23/h4-20,26-29,31,36H,1-3H3,(H,33,34,37)/t20?,26-,27-,28-,29-,31+/m1/s1. The van der Waals surface area contributed by atoms with Crippen LogP contribution in [-0.2, 0) is 24.5 Å². The fourth-order valence-electron chi connectivity index (χ4n) is 5.78. The van der Waals surface area contributed by atoms with Gasteiger partial charge in [-0.25, -0.2) is 4.79 Å². The number of aliphatic hydroxyl groups excluding tert-OH is 1. The van der Waals surface area contributed by atoms with Crippen molar-refractivity contribution in [2.24, 2.45) is 0 Å². The van der Waals surface area contributed by atoms with E-state index in [1.807, 2.05) is 84.9 Å². The van der Waals surface area contributed by atoms with Crippen molar-refractivity contribution in [3.05, 3.63) is 124 Å². The third-order valence-corrected chi connectivity index (χ3v) is 7.79. The molecule has 1 unspecified atom stereocenters. The third-order valence-electron chi connectivity index (χ3n) is 7.79. The van der Waals surface area contributed by atoms with Crippen molar-refractivity contribution < 1.29 is 28.8 Å². The van der Waals surface area contributed by atoms with E-state index in [9.17, 15) is 9.90 Å². The molecule has 2 fully saturated rings. The van der Waals surface area contributed by atoms with Crippen LogP contribution in [0.15, 0.2) is 102 Å². The van der Waals surface area contributed by atoms with Gasteiger partial charge < -0.3 is 34.1 Å². The number of ether oxygens (including phenoxy) is 5. The van der Waals surface area contributed by atoms with Gasteiger partial charge in [0.2, 0.25) is 0 Å². The van der Waals surface area contributed by atoms with Gasteiger partial charge >= 0.3 is 5.69 Å². The minimum absolute atomic E-state index is 0.361. The lowest BCUT2D eigenvalue weighted by Crippen LogP contribution is -2.40. The van der Waals surface area contributed by atoms with Gasteiger partial charge in [0.05, 0.1) is 13.2 Å². The summed E-state index contributed by atoms with van der Waals surface area (Å²) in [5, 5.41) is 13.9. The van der Waals surface area contributed by atoms with Crippen molar-refractivity contribution in [2.75, 3.05) is 19.5 Å². The maximum atomic E-state index is 13.5. The van der Waals surface area contributed by atoms with E-state index in [1.54, 1.807) is 26.3 Å². The molecular weight excluding hydrogens is 538 g/mol. The number of nitrogens with one attached hydrogen (secondary N) is 1. The Kier molecular flexibility index (Phi) is 7.80. The number of anilines is 1. The van der Waals surface area contributed by atoms with Crippen molar-refractivity contribution in [3.8, 4) is 5.75 Å². The highest BCUT2D eigenvalue weighted by Crippen LogP contribution is 2.42. The zero-order valence-corrected chi connectivity index (χ0v) is 23.5. The second-order valence-corrected chi connectivity index (χ2v) is 10.3. The Morgan fingerprint density at radius 3 is 2.00 bits per heavy atom. The molecule has 4 aromatic rings. The van der Waals surface area contributed by atoms with Crippen molar-refractivity contribution >= 4 is 5.82 Å². The van der Waals surface area contributed by atoms with Crippen LogP contribution in [-0.4, -0.2) is 59.8 Å². The molecule has 0 amide bonds. The summed E-state index contributed by atoms with van der Waals surface area (Å²) in [5.41, 5.74) is 1.38. The Balaban J connectivity index is 1.42. The lowest BCUT2D eigenvalue weighted by atomic mass is 9.77. The van der Waals surface area contributed by atoms with E-state index in [0.717, 1.165) is 22.4 Å². The SMILES string of the molecule is COc1ccc(C(Nc2ccn([C@@H]3O[C@H](C(C)O)[C@H]4O[C@H](OC)O[C@H]43)c(=O)n2)(c2ccccc2)c2ccccc2)cc1. The molecule has 218 valence electrons. The average Bonchev–Trinajstić information content (AvgIpc) is 3.60. The molecule has 42 heavy (non-hydrogen) atoms. The minimum Gasteiger partial charge on any atom is -0.497 e. The zero-order valence-electron chi connectivity index (χ0n) is 23.5. The van der Waals surface area contributed by atoms with Crippen molar-refractivity contribution in [1.29, 1.82) is 0 Å². The maximum absolute atomic E-state index is 13.5. The molecule has 0 bridgehead atoms. The quantitative estimate of drug-likeness (QED) is 0.291. The Labute approximate surface area is 243 Å². The summed E-state index contributed by atoms with van der Waals surface area (Å²) in [6, 6.07) is 29.5. The number of aromatic nitrogens is 2. The molecule has 10 nitrogen and oxygen atoms in total. The van der Waals surface area contributed by atoms with E-state index in [-0.39, 0.29) is 0 Å². The molecule has 3 heterocycles. The molecule has 0 spiro atoms. The number of methoxy groups -OCH3 is 2. The topological polar surface area (TPSA) is 113 Å². The molecule has 6 atom stereocenters. The van der Waals surface area contributed by atoms with E-state index in [4.69, 9.17) is 23.7 Å². The predicted octanol–water partition coefficient (Wildman–Crippen LogP) is 3.65. The number of fused-ring (bicyclic) bond motifs is 1. The number of hydrogen-bond donors (Lipinski definition) is 2. The molecule has 0 aliphatic carbocycles. The van der Waals surface area contributed by atoms with Crippen LogP contribution in [0.1, 0.15) is 29.8 Å². The van der Waals surface area contributed by atoms with Gasteiger partial charge in [0, 0.05) is 13.3 Å². The monoisotopic (exact) mass is 571 g/mol. The first-order chi connectivity index (χ1) is 20.4. The maximum Gasteiger partial charge on any atom is 0.351 e. The largest absolute Gasteiger partial charge is 0.497 e. The highest BCUT2D eigenvalue weighted by atomic mass is 16.9. The minimum atomic E-state index is -0.917. The molecule has 6 rings (SSSR count). The van der Waals surface area contributed by atoms with Crippen LogP contribution < -0.4 is 15.7 Å². The summed E-state index contributed by atoms with van der Waals surface area (Å²) in [7, 11) is 3.09. The second-order valence-electron chi connectivity index (χ2n) is 10.3. The van der Waals surface area contributed by atoms with E-state index in [2.05, 4.69) is 10.3 Å². The normalized spacial score (nSPS) is 24.2. The highest BCUT2D eigenvalue weighted by Gasteiger charge is 2.55. The van der Waals surface area contributed by atoms with Gasteiger partial charge in [0.25, 0.3) is 6.48 Å². The summed E-state index contributed by atoms with van der Waals surface area (Å²) in [6.45, 7) is 0.687. The molecular formula is C32H33N3O7. The van der Waals surface area contributed by atoms with Crippen LogP contribution in [0.3, 0.4) is 0 Å². The predicted molar refractivity (Wildman–Crippen MR) is 154 cm³/mol. The Hall–Kier alpha value is -4.06. The van der Waals surface area contributed by atoms with Gasteiger partial charge in [0.15, 0.2) is 6.23 Å². The fraction of sp³-hybridized carbons (Fsp3) is 0.312. The lowest BCUT2D eigenvalue weighted by Gasteiger charge is -2.37. The number of hydrogen-bond acceptors (Lipinski definition) is 9. The first-order valence-corrected chi connectivity index (χ1v) is 13.7. The van der Waals surface area contributed by atoms with Gasteiger partial charge in [-0.05, 0) is 41.8 Å². The van der Waals surface area contributed by atoms with Gasteiger partial charge in [-0.1, -0.05) is 72.8 Å². The molecule has 0 saturated carbocycles. The number of aliphatic hydroxyl groups is 1. The van der Waals surface area contributed by atoms with Crippen molar-refractivity contribution in [3.63, 3.8) is 0 Å². The van der Waals surface area contributed by atoms with E-state index < -0.39 is 48.3 Å². The summed E-state index contributed by atoms with van der Waals surface area (Å²) in [4.78, 5) is 18.0. The first kappa shape index (κ1) is 28.1. The molecule has 1 aromatic heterocycles. The zero-order chi connectivity index (χ0) is 29.3. The van der Waals surface area contributed by atoms with E-state index in [1.165, 1.54) is 11.7 Å². The Morgan fingerprint density at radius 1 is 0.857 bits per heavy atom. The average molecular weight is 572 g/mol. The summed E-state index contributed by atoms with van der Waals surface area (Å²) in [5.74, 6) is 1.09. The molecule has 0 radical (unpaired) electrons. The summed E-state index contributed by atoms with van der Waals surface area (Å²) < 4.78 is 29.6. The molecule has 3 aromatic carbocycles. The van der Waals surface area contributed by atoms with Gasteiger partial charge in [-0.15, -0.1) is 0 Å². The second kappa shape index (κ2) is 11.7. The van der Waals surface area contributed by atoms with Crippen LogP contribution in [0.4, 0.5) is 5.82 Å². The fourth-order valence-corrected chi connectivity index (χ4v) is 5.78. The summed E-state index contributed by atoms with van der Waals surface area (Å²) in [6.07, 6.45) is -2.08. The summed E-state index contributed by atoms with van der Waals surface area (Å²) >= 11 is 0. The van der Waals surface area contributed by atoms with Crippen LogP contribution in [0.25, 0.3) is 0 Å². The third kappa shape index (κ3) is 4.97. The molecule has 2 aliphatic rings. The highest BCUT2D eigenvalue weighted by molar-refractivity contribution is 5.58. The van der Waals surface area contributed by atoms with Crippen LogP contribution in [0.5, 0.6) is 5.75 Å². The van der Waals surface area contributed by atoms with Crippen LogP contribution in [0, 0.1) is 0 Å². The van der Waals surface area contributed by atoms with Crippen LogP contribution in [0.2, 0.25) is 0 Å². The van der Waals surface area contributed by atoms with Crippen molar-refractivity contribution in [1.82, 2.24) is 9.55 Å². The van der Waals surface area contributed by atoms with Crippen molar-refractivity contribution in [2.45, 2.75) is 49.6 Å². The molecule has 2 aliphatic heterocycles. The number of benzene rings is 3. The lowest BCUT2D eigenvalue weighted by molar-refractivity contribution is -0.260. The number of rotatable bonds is 9. The molecule has 2 saturated heterocycles. The first-order valence-electron chi connectivity index (χ1n) is 13.7. The molecule has 2 N–H and O–H groups in total. The molecule has 10 heteroatoms. The van der Waals surface area contributed by atoms with E-state index >= 15 is 0 Å². The van der Waals surface area contributed by atoms with Gasteiger partial charge in [-0.2, -0.15) is 4.98 Å². The van der Waals surface area contributed by atoms with Gasteiger partial charge in [-0.3, -0.25) is 4.57 Å². The smallest absolute Gasteiger partial charge is 0.351 e. The Bertz CT molecular complexity index is 1510. The van der Waals surface area contributed by atoms with E-state index in [0.29, 0.717) is 5.82 Å². The van der Waals surface area contributed by atoms with Crippen LogP contribution >= 0.6 is 0 Å². The van der Waals surface area contributed by atoms with Gasteiger partial charge in [0.1, 0.15) is 35.4 Å². The number of nitrogens with zero attached hydrogens (tertiary/aromatic N) is 2.